The first-order valence-corrected chi connectivity index (χ1v) is 8.66. The molecule has 0 unspecified atom stereocenters. The molecule has 2 aliphatic heterocycles. The molecule has 0 saturated carbocycles. The lowest BCUT2D eigenvalue weighted by Crippen LogP contribution is -2.53. The van der Waals surface area contributed by atoms with Crippen molar-refractivity contribution in [3.63, 3.8) is 0 Å². The van der Waals surface area contributed by atoms with E-state index in [2.05, 4.69) is 40.1 Å². The van der Waals surface area contributed by atoms with Crippen LogP contribution in [0.25, 0.3) is 0 Å². The number of amides is 1. The normalized spacial score (nSPS) is 21.4. The van der Waals surface area contributed by atoms with Crippen LogP contribution in [0.2, 0.25) is 0 Å². The fourth-order valence-electron chi connectivity index (χ4n) is 3.86. The minimum atomic E-state index is 0.731. The van der Waals surface area contributed by atoms with Crippen molar-refractivity contribution in [2.45, 2.75) is 25.8 Å². The first-order chi connectivity index (χ1) is 11.2. The first-order valence-electron chi connectivity index (χ1n) is 8.66. The SMILES string of the molecule is Cc1cc(NC=O)ccc1N1CCN(C2CCN(C)CC2)CC1. The summed E-state index contributed by atoms with van der Waals surface area (Å²) in [6.45, 7) is 9.07. The number of rotatable bonds is 4. The molecule has 23 heavy (non-hydrogen) atoms. The number of anilines is 2. The van der Waals surface area contributed by atoms with E-state index >= 15 is 0 Å². The van der Waals surface area contributed by atoms with Crippen molar-refractivity contribution in [3.05, 3.63) is 23.8 Å². The molecule has 0 radical (unpaired) electrons. The molecule has 2 fully saturated rings. The number of nitrogens with one attached hydrogen (secondary N) is 1. The summed E-state index contributed by atoms with van der Waals surface area (Å²) in [5, 5.41) is 2.72. The third kappa shape index (κ3) is 3.85. The molecule has 2 saturated heterocycles. The van der Waals surface area contributed by atoms with Gasteiger partial charge in [-0.1, -0.05) is 0 Å². The Balaban J connectivity index is 1.57. The summed E-state index contributed by atoms with van der Waals surface area (Å²) in [6, 6.07) is 6.94. The predicted molar refractivity (Wildman–Crippen MR) is 95.2 cm³/mol. The van der Waals surface area contributed by atoms with Crippen molar-refractivity contribution in [3.8, 4) is 0 Å². The van der Waals surface area contributed by atoms with Gasteiger partial charge in [0, 0.05) is 43.6 Å². The number of carbonyl (C=O) groups is 1. The van der Waals surface area contributed by atoms with Crippen molar-refractivity contribution in [1.82, 2.24) is 9.80 Å². The van der Waals surface area contributed by atoms with Gasteiger partial charge in [0.25, 0.3) is 0 Å². The van der Waals surface area contributed by atoms with Gasteiger partial charge in [0.05, 0.1) is 0 Å². The van der Waals surface area contributed by atoms with Crippen LogP contribution in [0.3, 0.4) is 0 Å². The molecular formula is C18H28N4O. The summed E-state index contributed by atoms with van der Waals surface area (Å²) in [7, 11) is 2.22. The van der Waals surface area contributed by atoms with Gasteiger partial charge in [-0.3, -0.25) is 9.69 Å². The average molecular weight is 316 g/mol. The first kappa shape index (κ1) is 16.3. The summed E-state index contributed by atoms with van der Waals surface area (Å²) < 4.78 is 0. The van der Waals surface area contributed by atoms with Gasteiger partial charge in [0.15, 0.2) is 0 Å². The number of aryl methyl sites for hydroxylation is 1. The van der Waals surface area contributed by atoms with Gasteiger partial charge in [-0.15, -0.1) is 0 Å². The second-order valence-corrected chi connectivity index (χ2v) is 6.82. The molecule has 0 aliphatic carbocycles. The fourth-order valence-corrected chi connectivity index (χ4v) is 3.86. The molecule has 0 spiro atoms. The van der Waals surface area contributed by atoms with Gasteiger partial charge in [-0.2, -0.15) is 0 Å². The molecule has 1 aromatic rings. The van der Waals surface area contributed by atoms with E-state index < -0.39 is 0 Å². The van der Waals surface area contributed by atoms with E-state index in [4.69, 9.17) is 0 Å². The van der Waals surface area contributed by atoms with Crippen LogP contribution >= 0.6 is 0 Å². The Morgan fingerprint density at radius 3 is 2.39 bits per heavy atom. The number of piperidine rings is 1. The third-order valence-corrected chi connectivity index (χ3v) is 5.28. The minimum Gasteiger partial charge on any atom is -0.369 e. The molecule has 0 aromatic heterocycles. The monoisotopic (exact) mass is 316 g/mol. The summed E-state index contributed by atoms with van der Waals surface area (Å²) in [5.74, 6) is 0. The van der Waals surface area contributed by atoms with Gasteiger partial charge in [-0.05, 0) is 63.7 Å². The largest absolute Gasteiger partial charge is 0.369 e. The second kappa shape index (κ2) is 7.32. The van der Waals surface area contributed by atoms with Crippen molar-refractivity contribution < 1.29 is 4.79 Å². The summed E-state index contributed by atoms with van der Waals surface area (Å²) >= 11 is 0. The smallest absolute Gasteiger partial charge is 0.211 e. The van der Waals surface area contributed by atoms with Gasteiger partial charge in [0.1, 0.15) is 0 Å². The Hall–Kier alpha value is -1.59. The quantitative estimate of drug-likeness (QED) is 0.860. The van der Waals surface area contributed by atoms with Gasteiger partial charge >= 0.3 is 0 Å². The number of benzene rings is 1. The highest BCUT2D eigenvalue weighted by molar-refractivity contribution is 5.73. The van der Waals surface area contributed by atoms with Crippen molar-refractivity contribution in [2.75, 3.05) is 56.5 Å². The highest BCUT2D eigenvalue weighted by Gasteiger charge is 2.26. The van der Waals surface area contributed by atoms with Gasteiger partial charge in [-0.25, -0.2) is 0 Å². The maximum absolute atomic E-state index is 10.5. The van der Waals surface area contributed by atoms with E-state index in [1.807, 2.05) is 12.1 Å². The fraction of sp³-hybridized carbons (Fsp3) is 0.611. The second-order valence-electron chi connectivity index (χ2n) is 6.82. The standard InChI is InChI=1S/C18H28N4O/c1-15-13-16(19-14-23)3-4-18(15)22-11-9-21(10-12-22)17-5-7-20(2)8-6-17/h3-4,13-14,17H,5-12H2,1-2H3,(H,19,23). The number of likely N-dealkylation sites (tertiary alicyclic amines) is 1. The molecule has 5 heteroatoms. The van der Waals surface area contributed by atoms with Crippen LogP contribution < -0.4 is 10.2 Å². The molecule has 0 atom stereocenters. The van der Waals surface area contributed by atoms with Crippen LogP contribution in [0.4, 0.5) is 11.4 Å². The van der Waals surface area contributed by atoms with Gasteiger partial charge in [0.2, 0.25) is 6.41 Å². The van der Waals surface area contributed by atoms with Crippen molar-refractivity contribution in [1.29, 1.82) is 0 Å². The molecule has 2 heterocycles. The van der Waals surface area contributed by atoms with Crippen LogP contribution in [-0.2, 0) is 4.79 Å². The van der Waals surface area contributed by atoms with E-state index in [0.717, 1.165) is 44.3 Å². The molecule has 5 nitrogen and oxygen atoms in total. The molecule has 2 aliphatic rings. The Morgan fingerprint density at radius 1 is 1.09 bits per heavy atom. The zero-order valence-electron chi connectivity index (χ0n) is 14.3. The number of piperazine rings is 1. The number of hydrogen-bond donors (Lipinski definition) is 1. The Kier molecular flexibility index (Phi) is 5.18. The highest BCUT2D eigenvalue weighted by Crippen LogP contribution is 2.26. The van der Waals surface area contributed by atoms with E-state index in [1.165, 1.54) is 37.2 Å². The van der Waals surface area contributed by atoms with E-state index in [1.54, 1.807) is 0 Å². The third-order valence-electron chi connectivity index (χ3n) is 5.28. The molecule has 1 aromatic carbocycles. The van der Waals surface area contributed by atoms with Crippen LogP contribution in [-0.4, -0.2) is 68.6 Å². The van der Waals surface area contributed by atoms with Crippen LogP contribution in [0.1, 0.15) is 18.4 Å². The molecule has 1 N–H and O–H groups in total. The van der Waals surface area contributed by atoms with E-state index in [0.29, 0.717) is 0 Å². The predicted octanol–water partition coefficient (Wildman–Crippen LogP) is 1.78. The highest BCUT2D eigenvalue weighted by atomic mass is 16.1. The number of carbonyl (C=O) groups excluding carboxylic acids is 1. The molecule has 0 bridgehead atoms. The molecule has 126 valence electrons. The van der Waals surface area contributed by atoms with E-state index in [9.17, 15) is 4.79 Å². The lowest BCUT2D eigenvalue weighted by Gasteiger charge is -2.43. The lowest BCUT2D eigenvalue weighted by molar-refractivity contribution is -0.105. The van der Waals surface area contributed by atoms with Crippen molar-refractivity contribution >= 4 is 17.8 Å². The topological polar surface area (TPSA) is 38.8 Å². The van der Waals surface area contributed by atoms with E-state index in [-0.39, 0.29) is 0 Å². The maximum atomic E-state index is 10.5. The average Bonchev–Trinajstić information content (AvgIpc) is 2.56. The zero-order chi connectivity index (χ0) is 16.2. The lowest BCUT2D eigenvalue weighted by atomic mass is 10.0. The molecule has 3 rings (SSSR count). The summed E-state index contributed by atoms with van der Waals surface area (Å²) in [4.78, 5) is 18.1. The van der Waals surface area contributed by atoms with Crippen molar-refractivity contribution in [2.24, 2.45) is 0 Å². The number of nitrogens with zero attached hydrogens (tertiary/aromatic N) is 3. The molecule has 1 amide bonds. The number of hydrogen-bond acceptors (Lipinski definition) is 4. The van der Waals surface area contributed by atoms with Crippen LogP contribution in [0.5, 0.6) is 0 Å². The minimum absolute atomic E-state index is 0.731. The Bertz CT molecular complexity index is 532. The Morgan fingerprint density at radius 2 is 1.78 bits per heavy atom. The maximum Gasteiger partial charge on any atom is 0.211 e. The zero-order valence-corrected chi connectivity index (χ0v) is 14.3. The van der Waals surface area contributed by atoms with Crippen LogP contribution in [0, 0.1) is 6.92 Å². The molecular weight excluding hydrogens is 288 g/mol. The van der Waals surface area contributed by atoms with Crippen LogP contribution in [0.15, 0.2) is 18.2 Å². The summed E-state index contributed by atoms with van der Waals surface area (Å²) in [5.41, 5.74) is 3.39. The van der Waals surface area contributed by atoms with Gasteiger partial charge < -0.3 is 15.1 Å². The Labute approximate surface area is 139 Å². The summed E-state index contributed by atoms with van der Waals surface area (Å²) in [6.07, 6.45) is 3.35.